The lowest BCUT2D eigenvalue weighted by atomic mass is 9.95. The van der Waals surface area contributed by atoms with E-state index >= 15 is 0 Å². The van der Waals surface area contributed by atoms with Gasteiger partial charge in [-0.05, 0) is 32.0 Å². The van der Waals surface area contributed by atoms with E-state index in [0.29, 0.717) is 10.2 Å². The first-order chi connectivity index (χ1) is 10.6. The summed E-state index contributed by atoms with van der Waals surface area (Å²) in [6.45, 7) is 1.56. The molecule has 0 saturated heterocycles. The lowest BCUT2D eigenvalue weighted by Gasteiger charge is -2.12. The SMILES string of the molecule is CC(C)(C#N)C(=O)Nc1nc2ccc(OCC(F)(F)F)cc2s1. The van der Waals surface area contributed by atoms with Crippen LogP contribution in [0.15, 0.2) is 18.2 Å². The van der Waals surface area contributed by atoms with Crippen molar-refractivity contribution in [2.75, 3.05) is 11.9 Å². The molecule has 1 amide bonds. The Kier molecular flexibility index (Phi) is 4.47. The monoisotopic (exact) mass is 343 g/mol. The fraction of sp³-hybridized carbons (Fsp3) is 0.357. The summed E-state index contributed by atoms with van der Waals surface area (Å²) < 4.78 is 41.6. The Morgan fingerprint density at radius 1 is 1.43 bits per heavy atom. The highest BCUT2D eigenvalue weighted by Gasteiger charge is 2.29. The standard InChI is InChI=1S/C14H12F3N3O2S/c1-13(2,6-18)11(21)20-12-19-9-4-3-8(5-10(9)23-12)22-7-14(15,16)17/h3-5H,7H2,1-2H3,(H,19,20,21). The van der Waals surface area contributed by atoms with Crippen molar-refractivity contribution in [3.63, 3.8) is 0 Å². The largest absolute Gasteiger partial charge is 0.484 e. The van der Waals surface area contributed by atoms with Gasteiger partial charge in [0.25, 0.3) is 0 Å². The van der Waals surface area contributed by atoms with Gasteiger partial charge in [-0.25, -0.2) is 4.98 Å². The number of halogens is 3. The minimum Gasteiger partial charge on any atom is -0.484 e. The summed E-state index contributed by atoms with van der Waals surface area (Å²) in [5.41, 5.74) is -0.696. The third-order valence-electron chi connectivity index (χ3n) is 2.83. The molecule has 0 atom stereocenters. The predicted molar refractivity (Wildman–Crippen MR) is 79.2 cm³/mol. The first-order valence-corrected chi connectivity index (χ1v) is 7.25. The maximum atomic E-state index is 12.1. The molecule has 0 aliphatic heterocycles. The zero-order valence-corrected chi connectivity index (χ0v) is 13.0. The topological polar surface area (TPSA) is 75.0 Å². The summed E-state index contributed by atoms with van der Waals surface area (Å²) in [7, 11) is 0. The molecule has 0 spiro atoms. The van der Waals surface area contributed by atoms with Gasteiger partial charge in [-0.1, -0.05) is 11.3 Å². The zero-order chi connectivity index (χ0) is 17.3. The second-order valence-electron chi connectivity index (χ2n) is 5.24. The molecular weight excluding hydrogens is 331 g/mol. The number of nitrogens with zero attached hydrogens (tertiary/aromatic N) is 2. The van der Waals surface area contributed by atoms with Crippen molar-refractivity contribution < 1.29 is 22.7 Å². The number of alkyl halides is 3. The summed E-state index contributed by atoms with van der Waals surface area (Å²) in [6, 6.07) is 6.17. The minimum absolute atomic E-state index is 0.0636. The van der Waals surface area contributed by atoms with Gasteiger partial charge < -0.3 is 10.1 Å². The number of benzene rings is 1. The second kappa shape index (κ2) is 6.04. The minimum atomic E-state index is -4.41. The Morgan fingerprint density at radius 2 is 2.13 bits per heavy atom. The lowest BCUT2D eigenvalue weighted by Crippen LogP contribution is -2.29. The molecule has 1 N–H and O–H groups in total. The molecule has 122 valence electrons. The van der Waals surface area contributed by atoms with Gasteiger partial charge >= 0.3 is 6.18 Å². The van der Waals surface area contributed by atoms with Gasteiger partial charge in [0.05, 0.1) is 16.3 Å². The van der Waals surface area contributed by atoms with Crippen molar-refractivity contribution in [2.24, 2.45) is 5.41 Å². The highest BCUT2D eigenvalue weighted by molar-refractivity contribution is 7.22. The van der Waals surface area contributed by atoms with Gasteiger partial charge in [-0.3, -0.25) is 4.79 Å². The van der Waals surface area contributed by atoms with Crippen molar-refractivity contribution in [2.45, 2.75) is 20.0 Å². The lowest BCUT2D eigenvalue weighted by molar-refractivity contribution is -0.153. The molecular formula is C14H12F3N3O2S. The van der Waals surface area contributed by atoms with Gasteiger partial charge in [-0.15, -0.1) is 0 Å². The number of carbonyl (C=O) groups excluding carboxylic acids is 1. The second-order valence-corrected chi connectivity index (χ2v) is 6.27. The van der Waals surface area contributed by atoms with Crippen LogP contribution in [0.4, 0.5) is 18.3 Å². The number of nitrogens with one attached hydrogen (secondary N) is 1. The summed E-state index contributed by atoms with van der Waals surface area (Å²) in [4.78, 5) is 16.1. The van der Waals surface area contributed by atoms with Crippen molar-refractivity contribution in [1.82, 2.24) is 4.98 Å². The average molecular weight is 343 g/mol. The van der Waals surface area contributed by atoms with Crippen LogP contribution in [0, 0.1) is 16.7 Å². The Hall–Kier alpha value is -2.34. The number of thiazole rings is 1. The summed E-state index contributed by atoms with van der Waals surface area (Å²) in [5, 5.41) is 11.7. The van der Waals surface area contributed by atoms with Crippen LogP contribution in [0.25, 0.3) is 10.2 Å². The van der Waals surface area contributed by atoms with Crippen LogP contribution in [0.3, 0.4) is 0 Å². The molecule has 1 aromatic heterocycles. The molecule has 0 aliphatic rings. The molecule has 0 radical (unpaired) electrons. The molecule has 1 heterocycles. The molecule has 2 rings (SSSR count). The van der Waals surface area contributed by atoms with E-state index in [9.17, 15) is 18.0 Å². The summed E-state index contributed by atoms with van der Waals surface area (Å²) >= 11 is 1.09. The number of hydrogen-bond acceptors (Lipinski definition) is 5. The van der Waals surface area contributed by atoms with E-state index in [1.165, 1.54) is 32.0 Å². The highest BCUT2D eigenvalue weighted by atomic mass is 32.1. The quantitative estimate of drug-likeness (QED) is 0.918. The Balaban J connectivity index is 2.17. The van der Waals surface area contributed by atoms with Crippen LogP contribution < -0.4 is 10.1 Å². The van der Waals surface area contributed by atoms with Gasteiger partial charge in [0, 0.05) is 0 Å². The first kappa shape index (κ1) is 17.0. The zero-order valence-electron chi connectivity index (χ0n) is 12.2. The van der Waals surface area contributed by atoms with Crippen molar-refractivity contribution in [1.29, 1.82) is 5.26 Å². The Morgan fingerprint density at radius 3 is 2.74 bits per heavy atom. The predicted octanol–water partition coefficient (Wildman–Crippen LogP) is 3.73. The third kappa shape index (κ3) is 4.32. The number of aromatic nitrogens is 1. The van der Waals surface area contributed by atoms with Crippen LogP contribution in [-0.4, -0.2) is 23.7 Å². The van der Waals surface area contributed by atoms with Crippen molar-refractivity contribution in [3.8, 4) is 11.8 Å². The van der Waals surface area contributed by atoms with E-state index in [2.05, 4.69) is 15.0 Å². The molecule has 0 fully saturated rings. The fourth-order valence-corrected chi connectivity index (χ4v) is 2.41. The van der Waals surface area contributed by atoms with E-state index in [-0.39, 0.29) is 10.9 Å². The molecule has 1 aromatic carbocycles. The molecule has 0 unspecified atom stereocenters. The van der Waals surface area contributed by atoms with Crippen LogP contribution in [0.5, 0.6) is 5.75 Å². The number of rotatable bonds is 4. The number of ether oxygens (including phenoxy) is 1. The highest BCUT2D eigenvalue weighted by Crippen LogP contribution is 2.30. The number of anilines is 1. The van der Waals surface area contributed by atoms with Crippen LogP contribution >= 0.6 is 11.3 Å². The van der Waals surface area contributed by atoms with Crippen molar-refractivity contribution >= 4 is 32.6 Å². The van der Waals surface area contributed by atoms with Gasteiger partial charge in [0.2, 0.25) is 5.91 Å². The molecule has 0 aliphatic carbocycles. The molecule has 0 bridgehead atoms. The molecule has 5 nitrogen and oxygen atoms in total. The van der Waals surface area contributed by atoms with Crippen LogP contribution in [0.1, 0.15) is 13.8 Å². The van der Waals surface area contributed by atoms with E-state index in [4.69, 9.17) is 5.26 Å². The number of fused-ring (bicyclic) bond motifs is 1. The first-order valence-electron chi connectivity index (χ1n) is 6.43. The number of nitriles is 1. The fourth-order valence-electron chi connectivity index (χ4n) is 1.52. The Labute approximate surface area is 133 Å². The van der Waals surface area contributed by atoms with E-state index in [1.807, 2.05) is 6.07 Å². The van der Waals surface area contributed by atoms with Crippen LogP contribution in [0.2, 0.25) is 0 Å². The number of amides is 1. The van der Waals surface area contributed by atoms with Crippen molar-refractivity contribution in [3.05, 3.63) is 18.2 Å². The smallest absolute Gasteiger partial charge is 0.422 e. The maximum absolute atomic E-state index is 12.1. The van der Waals surface area contributed by atoms with Gasteiger partial charge in [-0.2, -0.15) is 18.4 Å². The normalized spacial score (nSPS) is 12.0. The van der Waals surface area contributed by atoms with Crippen LogP contribution in [-0.2, 0) is 4.79 Å². The summed E-state index contributed by atoms with van der Waals surface area (Å²) in [5.74, 6) is -0.443. The molecule has 2 aromatic rings. The molecule has 9 heteroatoms. The Bertz CT molecular complexity index is 778. The van der Waals surface area contributed by atoms with Gasteiger partial charge in [0.15, 0.2) is 11.7 Å². The molecule has 23 heavy (non-hydrogen) atoms. The number of carbonyl (C=O) groups is 1. The maximum Gasteiger partial charge on any atom is 0.422 e. The van der Waals surface area contributed by atoms with E-state index in [0.717, 1.165) is 11.3 Å². The van der Waals surface area contributed by atoms with E-state index in [1.54, 1.807) is 0 Å². The average Bonchev–Trinajstić information content (AvgIpc) is 2.85. The summed E-state index contributed by atoms with van der Waals surface area (Å²) in [6.07, 6.45) is -4.41. The number of hydrogen-bond donors (Lipinski definition) is 1. The third-order valence-corrected chi connectivity index (χ3v) is 3.76. The molecule has 0 saturated carbocycles. The van der Waals surface area contributed by atoms with E-state index < -0.39 is 24.1 Å². The van der Waals surface area contributed by atoms with Gasteiger partial charge in [0.1, 0.15) is 11.2 Å².